The van der Waals surface area contributed by atoms with Crippen LogP contribution >= 0.6 is 0 Å². The second-order valence-corrected chi connectivity index (χ2v) is 5.89. The van der Waals surface area contributed by atoms with Crippen LogP contribution in [0.4, 0.5) is 0 Å². The minimum Gasteiger partial charge on any atom is -0.464 e. The highest BCUT2D eigenvalue weighted by Crippen LogP contribution is 2.57. The van der Waals surface area contributed by atoms with E-state index in [-0.39, 0.29) is 0 Å². The summed E-state index contributed by atoms with van der Waals surface area (Å²) in [4.78, 5) is 0. The second-order valence-electron chi connectivity index (χ2n) is 5.89. The van der Waals surface area contributed by atoms with Crippen LogP contribution < -0.4 is 5.32 Å². The zero-order valence-electron chi connectivity index (χ0n) is 11.5. The molecular formula is C15H25NO. The molecule has 0 amide bonds. The van der Waals surface area contributed by atoms with E-state index >= 15 is 0 Å². The molecule has 0 aromatic carbocycles. The van der Waals surface area contributed by atoms with Crippen molar-refractivity contribution in [2.75, 3.05) is 6.54 Å². The standard InChI is InChI=1S/C15H25NO/c1-5-9-16-14(12-10-15(12,3)4)13-8-7-11(6-2)17-13/h7-8,12,14,16H,5-6,9-10H2,1-4H3. The molecule has 0 aliphatic heterocycles. The van der Waals surface area contributed by atoms with Gasteiger partial charge in [0.25, 0.3) is 0 Å². The SMILES string of the molecule is CCCNC(c1ccc(CC)o1)C1CC1(C)C. The van der Waals surface area contributed by atoms with E-state index in [1.54, 1.807) is 0 Å². The molecule has 2 atom stereocenters. The van der Waals surface area contributed by atoms with E-state index in [2.05, 4.69) is 45.1 Å². The Morgan fingerprint density at radius 1 is 1.41 bits per heavy atom. The van der Waals surface area contributed by atoms with Crippen LogP contribution in [-0.4, -0.2) is 6.54 Å². The van der Waals surface area contributed by atoms with Crippen LogP contribution in [0.15, 0.2) is 16.5 Å². The Hall–Kier alpha value is -0.760. The quantitative estimate of drug-likeness (QED) is 0.808. The summed E-state index contributed by atoms with van der Waals surface area (Å²) in [5.41, 5.74) is 0.477. The Morgan fingerprint density at radius 2 is 2.12 bits per heavy atom. The van der Waals surface area contributed by atoms with E-state index in [0.717, 1.165) is 30.4 Å². The molecule has 1 aliphatic carbocycles. The largest absolute Gasteiger partial charge is 0.464 e. The first-order valence-electron chi connectivity index (χ1n) is 6.90. The molecule has 2 unspecified atom stereocenters. The lowest BCUT2D eigenvalue weighted by molar-refractivity contribution is 0.340. The van der Waals surface area contributed by atoms with Crippen LogP contribution in [0.3, 0.4) is 0 Å². The fraction of sp³-hybridized carbons (Fsp3) is 0.733. The molecule has 1 fully saturated rings. The van der Waals surface area contributed by atoms with Crippen LogP contribution in [0.25, 0.3) is 0 Å². The number of hydrogen-bond acceptors (Lipinski definition) is 2. The van der Waals surface area contributed by atoms with Crippen molar-refractivity contribution in [3.05, 3.63) is 23.7 Å². The molecule has 17 heavy (non-hydrogen) atoms. The van der Waals surface area contributed by atoms with E-state index in [0.29, 0.717) is 11.5 Å². The first-order chi connectivity index (χ1) is 8.08. The Balaban J connectivity index is 2.10. The lowest BCUT2D eigenvalue weighted by Crippen LogP contribution is -2.25. The Morgan fingerprint density at radius 3 is 2.59 bits per heavy atom. The molecule has 2 heteroatoms. The first-order valence-corrected chi connectivity index (χ1v) is 6.90. The van der Waals surface area contributed by atoms with E-state index in [1.165, 1.54) is 12.8 Å². The van der Waals surface area contributed by atoms with Gasteiger partial charge in [-0.3, -0.25) is 0 Å². The maximum atomic E-state index is 5.92. The highest BCUT2D eigenvalue weighted by atomic mass is 16.3. The van der Waals surface area contributed by atoms with Crippen molar-refractivity contribution in [1.29, 1.82) is 0 Å². The number of nitrogens with one attached hydrogen (secondary N) is 1. The van der Waals surface area contributed by atoms with E-state index in [9.17, 15) is 0 Å². The van der Waals surface area contributed by atoms with Crippen molar-refractivity contribution in [2.24, 2.45) is 11.3 Å². The van der Waals surface area contributed by atoms with Gasteiger partial charge >= 0.3 is 0 Å². The van der Waals surface area contributed by atoms with Gasteiger partial charge in [0.1, 0.15) is 11.5 Å². The van der Waals surface area contributed by atoms with Crippen molar-refractivity contribution in [3.8, 4) is 0 Å². The van der Waals surface area contributed by atoms with Gasteiger partial charge in [-0.1, -0.05) is 27.7 Å². The molecule has 1 heterocycles. The first kappa shape index (κ1) is 12.7. The highest BCUT2D eigenvalue weighted by molar-refractivity contribution is 5.16. The average molecular weight is 235 g/mol. The molecular weight excluding hydrogens is 210 g/mol. The van der Waals surface area contributed by atoms with Crippen LogP contribution in [0.2, 0.25) is 0 Å². The lowest BCUT2D eigenvalue weighted by Gasteiger charge is -2.18. The summed E-state index contributed by atoms with van der Waals surface area (Å²) < 4.78 is 5.92. The smallest absolute Gasteiger partial charge is 0.121 e. The molecule has 1 aliphatic rings. The van der Waals surface area contributed by atoms with Crippen LogP contribution in [0.5, 0.6) is 0 Å². The van der Waals surface area contributed by atoms with Crippen molar-refractivity contribution in [1.82, 2.24) is 5.32 Å². The van der Waals surface area contributed by atoms with Crippen molar-refractivity contribution in [3.63, 3.8) is 0 Å². The van der Waals surface area contributed by atoms with Crippen molar-refractivity contribution in [2.45, 2.75) is 53.0 Å². The predicted octanol–water partition coefficient (Wildman–Crippen LogP) is 3.93. The summed E-state index contributed by atoms with van der Waals surface area (Å²) in [6.07, 6.45) is 3.45. The van der Waals surface area contributed by atoms with Crippen LogP contribution in [-0.2, 0) is 6.42 Å². The fourth-order valence-electron chi connectivity index (χ4n) is 2.57. The fourth-order valence-corrected chi connectivity index (χ4v) is 2.57. The van der Waals surface area contributed by atoms with Gasteiger partial charge in [-0.15, -0.1) is 0 Å². The molecule has 1 N–H and O–H groups in total. The molecule has 0 spiro atoms. The Labute approximate surface area is 105 Å². The third-order valence-electron chi connectivity index (χ3n) is 3.94. The topological polar surface area (TPSA) is 25.2 Å². The summed E-state index contributed by atoms with van der Waals surface area (Å²) in [5, 5.41) is 3.65. The maximum absolute atomic E-state index is 5.92. The van der Waals surface area contributed by atoms with Gasteiger partial charge < -0.3 is 9.73 Å². The van der Waals surface area contributed by atoms with Gasteiger partial charge in [0.05, 0.1) is 6.04 Å². The summed E-state index contributed by atoms with van der Waals surface area (Å²) >= 11 is 0. The normalized spacial score (nSPS) is 23.6. The molecule has 1 saturated carbocycles. The third kappa shape index (κ3) is 2.74. The van der Waals surface area contributed by atoms with Crippen LogP contribution in [0, 0.1) is 11.3 Å². The number of rotatable bonds is 6. The number of furan rings is 1. The summed E-state index contributed by atoms with van der Waals surface area (Å²) in [6, 6.07) is 4.68. The number of hydrogen-bond donors (Lipinski definition) is 1. The summed E-state index contributed by atoms with van der Waals surface area (Å²) in [5.74, 6) is 2.96. The molecule has 1 aromatic heterocycles. The van der Waals surface area contributed by atoms with E-state index in [4.69, 9.17) is 4.42 Å². The van der Waals surface area contributed by atoms with Gasteiger partial charge in [0.15, 0.2) is 0 Å². The highest BCUT2D eigenvalue weighted by Gasteiger charge is 2.51. The molecule has 0 saturated heterocycles. The second kappa shape index (κ2) is 4.85. The Kier molecular flexibility index (Phi) is 3.62. The van der Waals surface area contributed by atoms with Gasteiger partial charge in [0.2, 0.25) is 0 Å². The minimum atomic E-state index is 0.408. The van der Waals surface area contributed by atoms with Gasteiger partial charge in [-0.2, -0.15) is 0 Å². The van der Waals surface area contributed by atoms with Gasteiger partial charge in [0, 0.05) is 6.42 Å². The predicted molar refractivity (Wildman–Crippen MR) is 71.0 cm³/mol. The maximum Gasteiger partial charge on any atom is 0.121 e. The van der Waals surface area contributed by atoms with Crippen LogP contribution in [0.1, 0.15) is 58.1 Å². The summed E-state index contributed by atoms with van der Waals surface area (Å²) in [7, 11) is 0. The zero-order valence-corrected chi connectivity index (χ0v) is 11.5. The van der Waals surface area contributed by atoms with E-state index in [1.807, 2.05) is 0 Å². The van der Waals surface area contributed by atoms with Gasteiger partial charge in [-0.25, -0.2) is 0 Å². The summed E-state index contributed by atoms with van der Waals surface area (Å²) in [6.45, 7) is 10.1. The molecule has 0 bridgehead atoms. The van der Waals surface area contributed by atoms with E-state index < -0.39 is 0 Å². The van der Waals surface area contributed by atoms with Crippen molar-refractivity contribution < 1.29 is 4.42 Å². The third-order valence-corrected chi connectivity index (χ3v) is 3.94. The Bertz CT molecular complexity index is 367. The lowest BCUT2D eigenvalue weighted by atomic mass is 10.0. The molecule has 0 radical (unpaired) electrons. The monoisotopic (exact) mass is 235 g/mol. The zero-order chi connectivity index (χ0) is 12.5. The minimum absolute atomic E-state index is 0.408. The van der Waals surface area contributed by atoms with Gasteiger partial charge in [-0.05, 0) is 42.9 Å². The molecule has 2 nitrogen and oxygen atoms in total. The molecule has 2 rings (SSSR count). The average Bonchev–Trinajstić information content (AvgIpc) is 2.76. The molecule has 1 aromatic rings. The van der Waals surface area contributed by atoms with Crippen molar-refractivity contribution >= 4 is 0 Å². The number of aryl methyl sites for hydroxylation is 1. The molecule has 96 valence electrons.